The molecule has 0 saturated heterocycles. The van der Waals surface area contributed by atoms with E-state index in [0.29, 0.717) is 17.3 Å². The molecule has 0 spiro atoms. The minimum Gasteiger partial charge on any atom is -0.504 e. The van der Waals surface area contributed by atoms with Crippen molar-refractivity contribution in [3.63, 3.8) is 0 Å². The predicted molar refractivity (Wildman–Crippen MR) is 72.7 cm³/mol. The first-order valence-corrected chi connectivity index (χ1v) is 6.48. The summed E-state index contributed by atoms with van der Waals surface area (Å²) in [5.41, 5.74) is 1.68. The van der Waals surface area contributed by atoms with Gasteiger partial charge in [0.05, 0.1) is 6.42 Å². The summed E-state index contributed by atoms with van der Waals surface area (Å²) in [6.45, 7) is 0. The standard InChI is InChI=1S/C14H15N3O3/c18-11-4-1-8(5-12(11)19)6-14(20)15-13-7-10(16-17-13)9-2-3-9/h1,4-5,7,9,18-19H,2-3,6H2,(H2,15,16,17,20). The molecule has 0 atom stereocenters. The molecule has 2 aromatic rings. The smallest absolute Gasteiger partial charge is 0.229 e. The van der Waals surface area contributed by atoms with Crippen LogP contribution >= 0.6 is 0 Å². The van der Waals surface area contributed by atoms with Crippen molar-refractivity contribution in [2.24, 2.45) is 0 Å². The van der Waals surface area contributed by atoms with Crippen LogP contribution in [0.5, 0.6) is 11.5 Å². The van der Waals surface area contributed by atoms with Crippen LogP contribution in [0.15, 0.2) is 24.3 Å². The average molecular weight is 273 g/mol. The fourth-order valence-electron chi connectivity index (χ4n) is 2.06. The zero-order chi connectivity index (χ0) is 14.1. The van der Waals surface area contributed by atoms with Crippen molar-refractivity contribution in [2.75, 3.05) is 5.32 Å². The minimum atomic E-state index is -0.230. The molecule has 1 heterocycles. The number of rotatable bonds is 4. The lowest BCUT2D eigenvalue weighted by atomic mass is 10.1. The van der Waals surface area contributed by atoms with Gasteiger partial charge in [0.15, 0.2) is 17.3 Å². The maximum Gasteiger partial charge on any atom is 0.229 e. The molecule has 1 saturated carbocycles. The number of nitrogens with zero attached hydrogens (tertiary/aromatic N) is 1. The Morgan fingerprint density at radius 2 is 2.10 bits per heavy atom. The third kappa shape index (κ3) is 2.74. The van der Waals surface area contributed by atoms with Crippen molar-refractivity contribution in [1.29, 1.82) is 0 Å². The number of benzene rings is 1. The van der Waals surface area contributed by atoms with Crippen LogP contribution in [0.3, 0.4) is 0 Å². The maximum atomic E-state index is 11.9. The summed E-state index contributed by atoms with van der Waals surface area (Å²) in [6, 6.07) is 6.17. The molecule has 1 aliphatic carbocycles. The molecular formula is C14H15N3O3. The van der Waals surface area contributed by atoms with E-state index < -0.39 is 0 Å². The van der Waals surface area contributed by atoms with Gasteiger partial charge in [-0.25, -0.2) is 0 Å². The van der Waals surface area contributed by atoms with Crippen LogP contribution in [-0.2, 0) is 11.2 Å². The van der Waals surface area contributed by atoms with E-state index in [1.165, 1.54) is 25.0 Å². The van der Waals surface area contributed by atoms with Gasteiger partial charge in [-0.2, -0.15) is 5.10 Å². The van der Waals surface area contributed by atoms with Crippen LogP contribution in [0.25, 0.3) is 0 Å². The highest BCUT2D eigenvalue weighted by Crippen LogP contribution is 2.39. The molecular weight excluding hydrogens is 258 g/mol. The highest BCUT2D eigenvalue weighted by atomic mass is 16.3. The summed E-state index contributed by atoms with van der Waals surface area (Å²) in [7, 11) is 0. The van der Waals surface area contributed by atoms with Crippen LogP contribution in [0.2, 0.25) is 0 Å². The number of phenolic OH excluding ortho intramolecular Hbond substituents is 2. The number of H-pyrrole nitrogens is 1. The van der Waals surface area contributed by atoms with Gasteiger partial charge in [0.25, 0.3) is 0 Å². The Balaban J connectivity index is 1.61. The Kier molecular flexibility index (Phi) is 3.06. The van der Waals surface area contributed by atoms with Gasteiger partial charge < -0.3 is 15.5 Å². The van der Waals surface area contributed by atoms with Crippen LogP contribution in [0.1, 0.15) is 30.0 Å². The molecule has 0 unspecified atom stereocenters. The summed E-state index contributed by atoms with van der Waals surface area (Å²) in [5, 5.41) is 28.2. The van der Waals surface area contributed by atoms with Gasteiger partial charge >= 0.3 is 0 Å². The van der Waals surface area contributed by atoms with Crippen molar-refractivity contribution in [1.82, 2.24) is 10.2 Å². The first-order valence-electron chi connectivity index (χ1n) is 6.48. The zero-order valence-electron chi connectivity index (χ0n) is 10.8. The number of phenols is 2. The van der Waals surface area contributed by atoms with Crippen molar-refractivity contribution >= 4 is 11.7 Å². The van der Waals surface area contributed by atoms with Gasteiger partial charge in [0.1, 0.15) is 0 Å². The normalized spacial score (nSPS) is 14.2. The fourth-order valence-corrected chi connectivity index (χ4v) is 2.06. The molecule has 104 valence electrons. The summed E-state index contributed by atoms with van der Waals surface area (Å²) in [4.78, 5) is 11.9. The Morgan fingerprint density at radius 3 is 2.80 bits per heavy atom. The molecule has 1 aromatic heterocycles. The first kappa shape index (κ1) is 12.5. The van der Waals surface area contributed by atoms with E-state index in [-0.39, 0.29) is 23.8 Å². The third-order valence-electron chi connectivity index (χ3n) is 3.29. The van der Waals surface area contributed by atoms with Gasteiger partial charge in [-0.3, -0.25) is 9.89 Å². The third-order valence-corrected chi connectivity index (χ3v) is 3.29. The number of aromatic amines is 1. The SMILES string of the molecule is O=C(Cc1ccc(O)c(O)c1)Nc1cc(C2CC2)[nH]n1. The Morgan fingerprint density at radius 1 is 1.30 bits per heavy atom. The highest BCUT2D eigenvalue weighted by molar-refractivity contribution is 5.91. The minimum absolute atomic E-state index is 0.111. The number of anilines is 1. The summed E-state index contributed by atoms with van der Waals surface area (Å²) in [6.07, 6.45) is 2.45. The molecule has 6 heteroatoms. The monoisotopic (exact) mass is 273 g/mol. The highest BCUT2D eigenvalue weighted by Gasteiger charge is 2.25. The molecule has 1 aromatic carbocycles. The summed E-state index contributed by atoms with van der Waals surface area (Å²) >= 11 is 0. The number of amides is 1. The van der Waals surface area contributed by atoms with Crippen LogP contribution in [0.4, 0.5) is 5.82 Å². The molecule has 0 bridgehead atoms. The quantitative estimate of drug-likeness (QED) is 0.639. The molecule has 1 fully saturated rings. The van der Waals surface area contributed by atoms with Crippen molar-refractivity contribution in [3.8, 4) is 11.5 Å². The Hall–Kier alpha value is -2.50. The maximum absolute atomic E-state index is 11.9. The second-order valence-electron chi connectivity index (χ2n) is 5.03. The van der Waals surface area contributed by atoms with E-state index in [1.807, 2.05) is 6.07 Å². The topological polar surface area (TPSA) is 98.2 Å². The summed E-state index contributed by atoms with van der Waals surface area (Å²) in [5.74, 6) is 0.424. The number of hydrogen-bond donors (Lipinski definition) is 4. The van der Waals surface area contributed by atoms with E-state index in [0.717, 1.165) is 5.69 Å². The Bertz CT molecular complexity index is 647. The molecule has 6 nitrogen and oxygen atoms in total. The predicted octanol–water partition coefficient (Wildman–Crippen LogP) is 1.88. The molecule has 3 rings (SSSR count). The average Bonchev–Trinajstić information content (AvgIpc) is 3.15. The lowest BCUT2D eigenvalue weighted by molar-refractivity contribution is -0.115. The van der Waals surface area contributed by atoms with Crippen LogP contribution < -0.4 is 5.32 Å². The number of carbonyl (C=O) groups is 1. The number of aromatic nitrogens is 2. The van der Waals surface area contributed by atoms with E-state index in [9.17, 15) is 15.0 Å². The van der Waals surface area contributed by atoms with E-state index in [1.54, 1.807) is 6.07 Å². The van der Waals surface area contributed by atoms with Crippen molar-refractivity contribution in [2.45, 2.75) is 25.2 Å². The lowest BCUT2D eigenvalue weighted by Crippen LogP contribution is -2.14. The fraction of sp³-hybridized carbons (Fsp3) is 0.286. The largest absolute Gasteiger partial charge is 0.504 e. The number of aromatic hydroxyl groups is 2. The molecule has 20 heavy (non-hydrogen) atoms. The van der Waals surface area contributed by atoms with Gasteiger partial charge in [0.2, 0.25) is 5.91 Å². The molecule has 1 aliphatic rings. The second kappa shape index (κ2) is 4.88. The lowest BCUT2D eigenvalue weighted by Gasteiger charge is -2.03. The number of hydrogen-bond acceptors (Lipinski definition) is 4. The van der Waals surface area contributed by atoms with E-state index >= 15 is 0 Å². The van der Waals surface area contributed by atoms with Gasteiger partial charge in [-0.05, 0) is 30.5 Å². The Labute approximate surface area is 115 Å². The van der Waals surface area contributed by atoms with Crippen LogP contribution in [0, 0.1) is 0 Å². The molecule has 0 radical (unpaired) electrons. The van der Waals surface area contributed by atoms with Gasteiger partial charge in [-0.15, -0.1) is 0 Å². The van der Waals surface area contributed by atoms with E-state index in [4.69, 9.17) is 0 Å². The van der Waals surface area contributed by atoms with Gasteiger partial charge in [0, 0.05) is 17.7 Å². The molecule has 1 amide bonds. The molecule has 4 N–H and O–H groups in total. The number of nitrogens with one attached hydrogen (secondary N) is 2. The molecule has 0 aliphatic heterocycles. The van der Waals surface area contributed by atoms with Crippen LogP contribution in [-0.4, -0.2) is 26.3 Å². The zero-order valence-corrected chi connectivity index (χ0v) is 10.8. The first-order chi connectivity index (χ1) is 9.61. The van der Waals surface area contributed by atoms with Crippen molar-refractivity contribution < 1.29 is 15.0 Å². The van der Waals surface area contributed by atoms with E-state index in [2.05, 4.69) is 15.5 Å². The van der Waals surface area contributed by atoms with Crippen molar-refractivity contribution in [3.05, 3.63) is 35.5 Å². The van der Waals surface area contributed by atoms with Gasteiger partial charge in [-0.1, -0.05) is 6.07 Å². The number of carbonyl (C=O) groups excluding carboxylic acids is 1. The second-order valence-corrected chi connectivity index (χ2v) is 5.03. The summed E-state index contributed by atoms with van der Waals surface area (Å²) < 4.78 is 0.